The van der Waals surface area contributed by atoms with Gasteiger partial charge in [0.25, 0.3) is 0 Å². The van der Waals surface area contributed by atoms with Crippen molar-refractivity contribution < 1.29 is 0 Å². The van der Waals surface area contributed by atoms with Crippen LogP contribution in [0.4, 0.5) is 0 Å². The molecule has 0 spiro atoms. The smallest absolute Gasteiger partial charge is 0.140 e. The van der Waals surface area contributed by atoms with Gasteiger partial charge in [-0.05, 0) is 25.7 Å². The van der Waals surface area contributed by atoms with Crippen molar-refractivity contribution in [3.63, 3.8) is 0 Å². The second-order valence-corrected chi connectivity index (χ2v) is 4.87. The number of nitrogens with one attached hydrogen (secondary N) is 1. The normalized spacial score (nSPS) is 19.9. The Kier molecular flexibility index (Phi) is 3.93. The van der Waals surface area contributed by atoms with Crippen LogP contribution in [-0.4, -0.2) is 20.8 Å². The first-order valence-corrected chi connectivity index (χ1v) is 6.33. The van der Waals surface area contributed by atoms with E-state index in [2.05, 4.69) is 22.3 Å². The van der Waals surface area contributed by atoms with Crippen LogP contribution >= 0.6 is 0 Å². The number of aromatic nitrogens is 3. The van der Waals surface area contributed by atoms with Crippen molar-refractivity contribution in [2.24, 2.45) is 13.0 Å². The molecule has 0 unspecified atom stereocenters. The lowest BCUT2D eigenvalue weighted by Crippen LogP contribution is -2.34. The third kappa shape index (κ3) is 2.82. The van der Waals surface area contributed by atoms with Crippen molar-refractivity contribution in [3.8, 4) is 0 Å². The number of hydrogen-bond donors (Lipinski definition) is 1. The van der Waals surface area contributed by atoms with Crippen LogP contribution in [0.15, 0.2) is 6.33 Å². The third-order valence-electron chi connectivity index (χ3n) is 3.74. The fourth-order valence-electron chi connectivity index (χ4n) is 2.53. The van der Waals surface area contributed by atoms with E-state index in [4.69, 9.17) is 0 Å². The second-order valence-electron chi connectivity index (χ2n) is 4.87. The molecule has 0 amide bonds. The summed E-state index contributed by atoms with van der Waals surface area (Å²) in [6, 6.07) is 0.594. The van der Waals surface area contributed by atoms with Gasteiger partial charge in [-0.15, -0.1) is 0 Å². The van der Waals surface area contributed by atoms with E-state index in [0.29, 0.717) is 6.04 Å². The first-order valence-electron chi connectivity index (χ1n) is 6.33. The second kappa shape index (κ2) is 5.43. The van der Waals surface area contributed by atoms with Gasteiger partial charge in [-0.1, -0.05) is 19.3 Å². The molecule has 0 bridgehead atoms. The Hall–Kier alpha value is -0.900. The molecule has 1 N–H and O–H groups in total. The van der Waals surface area contributed by atoms with E-state index in [1.165, 1.54) is 32.1 Å². The topological polar surface area (TPSA) is 42.7 Å². The van der Waals surface area contributed by atoms with Crippen LogP contribution in [0.2, 0.25) is 0 Å². The van der Waals surface area contributed by atoms with Gasteiger partial charge in [-0.2, -0.15) is 5.10 Å². The molecule has 1 aliphatic rings. The Morgan fingerprint density at radius 2 is 2.19 bits per heavy atom. The van der Waals surface area contributed by atoms with E-state index in [0.717, 1.165) is 18.3 Å². The summed E-state index contributed by atoms with van der Waals surface area (Å²) in [6.45, 7) is 3.13. The van der Waals surface area contributed by atoms with Gasteiger partial charge >= 0.3 is 0 Å². The van der Waals surface area contributed by atoms with E-state index in [-0.39, 0.29) is 0 Å². The van der Waals surface area contributed by atoms with Gasteiger partial charge in [-0.3, -0.25) is 4.68 Å². The van der Waals surface area contributed by atoms with Gasteiger partial charge in [-0.25, -0.2) is 4.98 Å². The maximum Gasteiger partial charge on any atom is 0.140 e. The average Bonchev–Trinajstić information content (AvgIpc) is 2.73. The Morgan fingerprint density at radius 3 is 2.81 bits per heavy atom. The largest absolute Gasteiger partial charge is 0.307 e. The van der Waals surface area contributed by atoms with Crippen LogP contribution in [0.1, 0.15) is 44.9 Å². The van der Waals surface area contributed by atoms with Crippen molar-refractivity contribution in [2.75, 3.05) is 0 Å². The molecular formula is C12H22N4. The lowest BCUT2D eigenvalue weighted by molar-refractivity contribution is 0.278. The van der Waals surface area contributed by atoms with E-state index in [1.54, 1.807) is 6.33 Å². The summed E-state index contributed by atoms with van der Waals surface area (Å²) in [6.07, 6.45) is 8.61. The standard InChI is InChI=1S/C12H22N4/c1-10(11-6-4-3-5-7-11)13-8-12-14-9-15-16(12)2/h9-11,13H,3-8H2,1-2H3/t10-/m1/s1. The summed E-state index contributed by atoms with van der Waals surface area (Å²) in [5.74, 6) is 1.87. The summed E-state index contributed by atoms with van der Waals surface area (Å²) >= 11 is 0. The minimum absolute atomic E-state index is 0.594. The molecule has 16 heavy (non-hydrogen) atoms. The lowest BCUT2D eigenvalue weighted by Gasteiger charge is -2.28. The van der Waals surface area contributed by atoms with Crippen LogP contribution in [0.5, 0.6) is 0 Å². The van der Waals surface area contributed by atoms with E-state index < -0.39 is 0 Å². The van der Waals surface area contributed by atoms with Gasteiger partial charge in [0.2, 0.25) is 0 Å². The number of aryl methyl sites for hydroxylation is 1. The van der Waals surface area contributed by atoms with Crippen molar-refractivity contribution in [2.45, 2.75) is 51.6 Å². The highest BCUT2D eigenvalue weighted by molar-refractivity contribution is 4.84. The average molecular weight is 222 g/mol. The molecule has 1 aromatic rings. The maximum absolute atomic E-state index is 4.22. The van der Waals surface area contributed by atoms with Crippen LogP contribution in [0, 0.1) is 5.92 Å². The molecule has 1 heterocycles. The van der Waals surface area contributed by atoms with E-state index in [9.17, 15) is 0 Å². The third-order valence-corrected chi connectivity index (χ3v) is 3.74. The predicted octanol–water partition coefficient (Wildman–Crippen LogP) is 1.87. The predicted molar refractivity (Wildman–Crippen MR) is 63.9 cm³/mol. The first-order chi connectivity index (χ1) is 7.77. The van der Waals surface area contributed by atoms with Crippen molar-refractivity contribution in [3.05, 3.63) is 12.2 Å². The van der Waals surface area contributed by atoms with Gasteiger partial charge in [0, 0.05) is 13.1 Å². The highest BCUT2D eigenvalue weighted by Gasteiger charge is 2.19. The molecule has 4 heteroatoms. The molecular weight excluding hydrogens is 200 g/mol. The molecule has 1 saturated carbocycles. The highest BCUT2D eigenvalue weighted by Crippen LogP contribution is 2.26. The molecule has 2 rings (SSSR count). The fourth-order valence-corrected chi connectivity index (χ4v) is 2.53. The minimum Gasteiger partial charge on any atom is -0.307 e. The monoisotopic (exact) mass is 222 g/mol. The molecule has 0 aromatic carbocycles. The zero-order chi connectivity index (χ0) is 11.4. The summed E-state index contributed by atoms with van der Waals surface area (Å²) in [5.41, 5.74) is 0. The van der Waals surface area contributed by atoms with E-state index in [1.807, 2.05) is 11.7 Å². The number of rotatable bonds is 4. The summed E-state index contributed by atoms with van der Waals surface area (Å²) in [4.78, 5) is 4.22. The highest BCUT2D eigenvalue weighted by atomic mass is 15.3. The zero-order valence-electron chi connectivity index (χ0n) is 10.3. The summed E-state index contributed by atoms with van der Waals surface area (Å²) < 4.78 is 1.83. The van der Waals surface area contributed by atoms with Crippen LogP contribution in [0.3, 0.4) is 0 Å². The van der Waals surface area contributed by atoms with Gasteiger partial charge in [0.05, 0.1) is 6.54 Å². The zero-order valence-corrected chi connectivity index (χ0v) is 10.3. The molecule has 1 aliphatic carbocycles. The number of hydrogen-bond acceptors (Lipinski definition) is 3. The summed E-state index contributed by atoms with van der Waals surface area (Å²) in [5, 5.41) is 7.64. The van der Waals surface area contributed by atoms with E-state index >= 15 is 0 Å². The molecule has 0 saturated heterocycles. The Labute approximate surface area is 97.5 Å². The van der Waals surface area contributed by atoms with Crippen molar-refractivity contribution in [1.29, 1.82) is 0 Å². The van der Waals surface area contributed by atoms with Crippen LogP contribution in [-0.2, 0) is 13.6 Å². The van der Waals surface area contributed by atoms with Crippen molar-refractivity contribution in [1.82, 2.24) is 20.1 Å². The first kappa shape index (κ1) is 11.6. The van der Waals surface area contributed by atoms with Gasteiger partial charge in [0.15, 0.2) is 0 Å². The Balaban J connectivity index is 1.78. The molecule has 1 atom stereocenters. The molecule has 90 valence electrons. The quantitative estimate of drug-likeness (QED) is 0.845. The fraction of sp³-hybridized carbons (Fsp3) is 0.833. The Morgan fingerprint density at radius 1 is 1.44 bits per heavy atom. The number of nitrogens with zero attached hydrogens (tertiary/aromatic N) is 3. The molecule has 4 nitrogen and oxygen atoms in total. The molecule has 1 aromatic heterocycles. The maximum atomic E-state index is 4.22. The minimum atomic E-state index is 0.594. The van der Waals surface area contributed by atoms with Crippen LogP contribution < -0.4 is 5.32 Å². The van der Waals surface area contributed by atoms with Crippen LogP contribution in [0.25, 0.3) is 0 Å². The van der Waals surface area contributed by atoms with Gasteiger partial charge in [0.1, 0.15) is 12.2 Å². The summed E-state index contributed by atoms with van der Waals surface area (Å²) in [7, 11) is 1.94. The van der Waals surface area contributed by atoms with Gasteiger partial charge < -0.3 is 5.32 Å². The van der Waals surface area contributed by atoms with Crippen molar-refractivity contribution >= 4 is 0 Å². The molecule has 1 fully saturated rings. The lowest BCUT2D eigenvalue weighted by atomic mass is 9.84. The molecule has 0 aliphatic heterocycles. The Bertz CT molecular complexity index is 315. The SMILES string of the molecule is C[C@@H](NCc1ncnn1C)C1CCCCC1. The molecule has 0 radical (unpaired) electrons.